The van der Waals surface area contributed by atoms with Gasteiger partial charge in [-0.1, -0.05) is 75.2 Å². The highest BCUT2D eigenvalue weighted by Gasteiger charge is 2.24. The van der Waals surface area contributed by atoms with Gasteiger partial charge in [-0.3, -0.25) is 9.13 Å². The molecule has 0 aliphatic rings. The number of hydrogen-bond donors (Lipinski definition) is 2. The average Bonchev–Trinajstić information content (AvgIpc) is 3.49. The zero-order valence-electron chi connectivity index (χ0n) is 20.1. The summed E-state index contributed by atoms with van der Waals surface area (Å²) < 4.78 is 3.07. The van der Waals surface area contributed by atoms with Gasteiger partial charge in [0.05, 0.1) is 12.2 Å². The van der Waals surface area contributed by atoms with E-state index in [-0.39, 0.29) is 11.4 Å². The lowest BCUT2D eigenvalue weighted by Gasteiger charge is -2.10. The molecule has 0 unspecified atom stereocenters. The number of nitrogens with one attached hydrogen (secondary N) is 1. The van der Waals surface area contributed by atoms with Crippen LogP contribution < -0.4 is 5.69 Å². The van der Waals surface area contributed by atoms with Gasteiger partial charge in [-0.2, -0.15) is 0 Å². The Hall–Kier alpha value is -4.01. The number of benzene rings is 2. The number of carbonyl (C=O) groups is 1. The summed E-state index contributed by atoms with van der Waals surface area (Å²) in [6.45, 7) is 4.82. The highest BCUT2D eigenvalue weighted by atomic mass is 16.4. The van der Waals surface area contributed by atoms with Crippen molar-refractivity contribution in [1.82, 2.24) is 29.8 Å². The first-order valence-corrected chi connectivity index (χ1v) is 12.0. The van der Waals surface area contributed by atoms with Gasteiger partial charge in [0.1, 0.15) is 0 Å². The summed E-state index contributed by atoms with van der Waals surface area (Å²) in [7, 11) is 0. The van der Waals surface area contributed by atoms with Crippen LogP contribution in [0.1, 0.15) is 61.3 Å². The van der Waals surface area contributed by atoms with E-state index < -0.39 is 5.97 Å². The van der Waals surface area contributed by atoms with Gasteiger partial charge in [0.15, 0.2) is 11.5 Å². The van der Waals surface area contributed by atoms with Crippen molar-refractivity contribution in [2.75, 3.05) is 0 Å². The first kappa shape index (κ1) is 24.1. The molecular formula is C26H30N6O3. The molecule has 0 saturated carbocycles. The number of H-pyrrole nitrogens is 1. The fourth-order valence-electron chi connectivity index (χ4n) is 4.35. The molecule has 182 valence electrons. The number of aromatic nitrogens is 6. The molecule has 0 bridgehead atoms. The second-order valence-corrected chi connectivity index (χ2v) is 8.57. The third kappa shape index (κ3) is 5.08. The Morgan fingerprint density at radius 2 is 1.69 bits per heavy atom. The summed E-state index contributed by atoms with van der Waals surface area (Å²) in [5.74, 6) is -0.455. The summed E-state index contributed by atoms with van der Waals surface area (Å²) in [5.41, 5.74) is 4.27. The first-order chi connectivity index (χ1) is 17.0. The van der Waals surface area contributed by atoms with Crippen molar-refractivity contribution in [3.05, 3.63) is 76.0 Å². The fraction of sp³-hybridized carbons (Fsp3) is 0.346. The number of nitrogens with zero attached hydrogens (tertiary/aromatic N) is 5. The number of aromatic carboxylic acids is 1. The number of imidazole rings is 1. The summed E-state index contributed by atoms with van der Waals surface area (Å²) in [6.07, 6.45) is 3.94. The molecule has 0 amide bonds. The van der Waals surface area contributed by atoms with E-state index in [0.717, 1.165) is 47.9 Å². The molecule has 0 spiro atoms. The van der Waals surface area contributed by atoms with E-state index in [1.165, 1.54) is 4.57 Å². The number of carboxylic acid groups (broad SMARTS) is 1. The topological polar surface area (TPSA) is 119 Å². The van der Waals surface area contributed by atoms with E-state index in [4.69, 9.17) is 0 Å². The number of aromatic amines is 1. The summed E-state index contributed by atoms with van der Waals surface area (Å²) in [6, 6.07) is 15.8. The van der Waals surface area contributed by atoms with Crippen molar-refractivity contribution in [1.29, 1.82) is 0 Å². The lowest BCUT2D eigenvalue weighted by Crippen LogP contribution is -2.26. The van der Waals surface area contributed by atoms with Crippen LogP contribution in [-0.4, -0.2) is 40.8 Å². The summed E-state index contributed by atoms with van der Waals surface area (Å²) in [5, 5.41) is 24.1. The Balaban J connectivity index is 1.69. The van der Waals surface area contributed by atoms with Gasteiger partial charge in [0, 0.05) is 12.1 Å². The van der Waals surface area contributed by atoms with Gasteiger partial charge in [0.25, 0.3) is 0 Å². The number of rotatable bonds is 11. The Kier molecular flexibility index (Phi) is 7.54. The Labute approximate surface area is 203 Å². The maximum absolute atomic E-state index is 13.3. The van der Waals surface area contributed by atoms with Gasteiger partial charge >= 0.3 is 11.7 Å². The van der Waals surface area contributed by atoms with Gasteiger partial charge in [-0.25, -0.2) is 14.7 Å². The first-order valence-electron chi connectivity index (χ1n) is 12.0. The van der Waals surface area contributed by atoms with Crippen LogP contribution in [-0.2, 0) is 19.5 Å². The standard InChI is InChI=1S/C26H30N6O3/c1-3-5-11-22-23(25(33)34)31(16-6-4-2)26(35)32(22)17-18-12-14-19(15-13-18)20-9-7-8-10-21(20)24-27-29-30-28-24/h7-10,12-15H,3-6,11,16-17H2,1-2H3,(H,33,34)(H,27,28,29,30). The molecular weight excluding hydrogens is 444 g/mol. The minimum absolute atomic E-state index is 0.128. The predicted octanol–water partition coefficient (Wildman–Crippen LogP) is 4.39. The van der Waals surface area contributed by atoms with Crippen LogP contribution in [0.15, 0.2) is 53.3 Å². The molecule has 0 radical (unpaired) electrons. The zero-order valence-corrected chi connectivity index (χ0v) is 20.1. The van der Waals surface area contributed by atoms with Crippen molar-refractivity contribution in [3.8, 4) is 22.5 Å². The lowest BCUT2D eigenvalue weighted by atomic mass is 9.98. The quantitative estimate of drug-likeness (QED) is 0.333. The number of unbranched alkanes of at least 4 members (excludes halogenated alkanes) is 2. The minimum Gasteiger partial charge on any atom is -0.477 e. The molecule has 0 fully saturated rings. The SMILES string of the molecule is CCCCc1c(C(=O)O)n(CCCC)c(=O)n1Cc1ccc(-c2ccccc2-c2nnn[nH]2)cc1. The number of hydrogen-bond acceptors (Lipinski definition) is 5. The Bertz CT molecular complexity index is 1340. The van der Waals surface area contributed by atoms with Crippen LogP contribution in [0.4, 0.5) is 0 Å². The molecule has 4 aromatic rings. The second kappa shape index (κ2) is 10.9. The second-order valence-electron chi connectivity index (χ2n) is 8.57. The molecule has 0 aliphatic carbocycles. The molecule has 35 heavy (non-hydrogen) atoms. The maximum Gasteiger partial charge on any atom is 0.354 e. The third-order valence-corrected chi connectivity index (χ3v) is 6.17. The van der Waals surface area contributed by atoms with E-state index in [9.17, 15) is 14.7 Å². The molecule has 2 aromatic heterocycles. The van der Waals surface area contributed by atoms with Gasteiger partial charge in [-0.05, 0) is 46.4 Å². The monoisotopic (exact) mass is 474 g/mol. The third-order valence-electron chi connectivity index (χ3n) is 6.17. The van der Waals surface area contributed by atoms with Crippen LogP contribution in [0.2, 0.25) is 0 Å². The van der Waals surface area contributed by atoms with Crippen molar-refractivity contribution in [3.63, 3.8) is 0 Å². The normalized spacial score (nSPS) is 11.1. The zero-order chi connectivity index (χ0) is 24.8. The average molecular weight is 475 g/mol. The van der Waals surface area contributed by atoms with Crippen LogP contribution in [0.25, 0.3) is 22.5 Å². The molecule has 9 nitrogen and oxygen atoms in total. The Morgan fingerprint density at radius 3 is 2.31 bits per heavy atom. The minimum atomic E-state index is -1.04. The largest absolute Gasteiger partial charge is 0.477 e. The summed E-state index contributed by atoms with van der Waals surface area (Å²) >= 11 is 0. The molecule has 0 aliphatic heterocycles. The van der Waals surface area contributed by atoms with Gasteiger partial charge < -0.3 is 5.11 Å². The maximum atomic E-state index is 13.3. The molecule has 4 rings (SSSR count). The van der Waals surface area contributed by atoms with Crippen LogP contribution in [0.5, 0.6) is 0 Å². The van der Waals surface area contributed by atoms with Crippen LogP contribution in [0.3, 0.4) is 0 Å². The van der Waals surface area contributed by atoms with E-state index >= 15 is 0 Å². The molecule has 2 N–H and O–H groups in total. The van der Waals surface area contributed by atoms with Gasteiger partial charge in [-0.15, -0.1) is 5.10 Å². The Morgan fingerprint density at radius 1 is 0.971 bits per heavy atom. The molecule has 0 atom stereocenters. The fourth-order valence-corrected chi connectivity index (χ4v) is 4.35. The number of tetrazole rings is 1. The molecule has 2 aromatic carbocycles. The molecule has 9 heteroatoms. The van der Waals surface area contributed by atoms with Crippen LogP contribution in [0, 0.1) is 0 Å². The van der Waals surface area contributed by atoms with E-state index in [1.54, 1.807) is 4.57 Å². The van der Waals surface area contributed by atoms with Crippen molar-refractivity contribution < 1.29 is 9.90 Å². The highest BCUT2D eigenvalue weighted by molar-refractivity contribution is 5.87. The number of carboxylic acids is 1. The van der Waals surface area contributed by atoms with Crippen LogP contribution >= 0.6 is 0 Å². The predicted molar refractivity (Wildman–Crippen MR) is 133 cm³/mol. The van der Waals surface area contributed by atoms with E-state index in [1.807, 2.05) is 55.5 Å². The van der Waals surface area contributed by atoms with Crippen molar-refractivity contribution in [2.24, 2.45) is 0 Å². The summed E-state index contributed by atoms with van der Waals surface area (Å²) in [4.78, 5) is 25.4. The van der Waals surface area contributed by atoms with Gasteiger partial charge in [0.2, 0.25) is 0 Å². The smallest absolute Gasteiger partial charge is 0.354 e. The molecule has 0 saturated heterocycles. The highest BCUT2D eigenvalue weighted by Crippen LogP contribution is 2.30. The van der Waals surface area contributed by atoms with E-state index in [0.29, 0.717) is 31.0 Å². The molecule has 2 heterocycles. The van der Waals surface area contributed by atoms with Crippen molar-refractivity contribution in [2.45, 2.75) is 59.0 Å². The van der Waals surface area contributed by atoms with E-state index in [2.05, 4.69) is 27.5 Å². The van der Waals surface area contributed by atoms with Crippen molar-refractivity contribution >= 4 is 5.97 Å². The lowest BCUT2D eigenvalue weighted by molar-refractivity contribution is 0.0683.